The van der Waals surface area contributed by atoms with Gasteiger partial charge in [-0.25, -0.2) is 0 Å². The van der Waals surface area contributed by atoms with Crippen molar-refractivity contribution in [3.05, 3.63) is 70.8 Å². The van der Waals surface area contributed by atoms with Gasteiger partial charge < -0.3 is 16.0 Å². The van der Waals surface area contributed by atoms with E-state index >= 15 is 0 Å². The highest BCUT2D eigenvalue weighted by Gasteiger charge is 2.23. The number of aryl methyl sites for hydroxylation is 1. The van der Waals surface area contributed by atoms with Crippen molar-refractivity contribution in [1.82, 2.24) is 20.9 Å². The van der Waals surface area contributed by atoms with Crippen LogP contribution < -0.4 is 16.0 Å². The lowest BCUT2D eigenvalue weighted by Crippen LogP contribution is -2.43. The summed E-state index contributed by atoms with van der Waals surface area (Å²) in [7, 11) is 3.45. The number of carbonyl (C=O) groups excluding carboxylic acids is 1. The van der Waals surface area contributed by atoms with Crippen molar-refractivity contribution in [2.45, 2.75) is 32.2 Å². The van der Waals surface area contributed by atoms with Gasteiger partial charge in [-0.05, 0) is 62.5 Å². The van der Waals surface area contributed by atoms with E-state index in [0.717, 1.165) is 44.1 Å². The van der Waals surface area contributed by atoms with E-state index < -0.39 is 0 Å². The molecule has 3 N–H and O–H groups in total. The third-order valence-corrected chi connectivity index (χ3v) is 5.85. The van der Waals surface area contributed by atoms with Gasteiger partial charge in [-0.2, -0.15) is 0 Å². The SMILES string of the molecule is CN=C(NCCc1cccc(C(=O)NC)c1)NCC(c1ccc(C)cc1)N1CCCC1. The van der Waals surface area contributed by atoms with Gasteiger partial charge >= 0.3 is 0 Å². The molecule has 2 aromatic carbocycles. The fraction of sp³-hybridized carbons (Fsp3) is 0.440. The molecule has 0 radical (unpaired) electrons. The second-order valence-corrected chi connectivity index (χ2v) is 8.08. The largest absolute Gasteiger partial charge is 0.356 e. The molecule has 1 unspecified atom stereocenters. The summed E-state index contributed by atoms with van der Waals surface area (Å²) in [5, 5.41) is 9.60. The first-order valence-corrected chi connectivity index (χ1v) is 11.2. The Bertz CT molecular complexity index is 872. The Kier molecular flexibility index (Phi) is 8.47. The van der Waals surface area contributed by atoms with E-state index in [2.05, 4.69) is 57.0 Å². The van der Waals surface area contributed by atoms with Gasteiger partial charge in [0, 0.05) is 32.7 Å². The predicted molar refractivity (Wildman–Crippen MR) is 128 cm³/mol. The summed E-state index contributed by atoms with van der Waals surface area (Å²) in [4.78, 5) is 18.8. The van der Waals surface area contributed by atoms with E-state index in [0.29, 0.717) is 11.6 Å². The van der Waals surface area contributed by atoms with Gasteiger partial charge in [0.25, 0.3) is 5.91 Å². The quantitative estimate of drug-likeness (QED) is 0.453. The average Bonchev–Trinajstić information content (AvgIpc) is 3.33. The minimum absolute atomic E-state index is 0.0589. The molecular weight excluding hydrogens is 386 g/mol. The molecule has 1 aliphatic heterocycles. The number of nitrogens with one attached hydrogen (secondary N) is 3. The van der Waals surface area contributed by atoms with E-state index in [4.69, 9.17) is 0 Å². The molecule has 6 nitrogen and oxygen atoms in total. The summed E-state index contributed by atoms with van der Waals surface area (Å²) >= 11 is 0. The predicted octanol–water partition coefficient (Wildman–Crippen LogP) is 2.90. The van der Waals surface area contributed by atoms with Crippen LogP contribution in [0, 0.1) is 6.92 Å². The van der Waals surface area contributed by atoms with Crippen molar-refractivity contribution < 1.29 is 4.79 Å². The fourth-order valence-electron chi connectivity index (χ4n) is 4.05. The molecule has 0 bridgehead atoms. The molecule has 1 fully saturated rings. The van der Waals surface area contributed by atoms with Crippen molar-refractivity contribution in [3.63, 3.8) is 0 Å². The first kappa shape index (κ1) is 22.8. The molecule has 1 heterocycles. The minimum Gasteiger partial charge on any atom is -0.356 e. The topological polar surface area (TPSA) is 68.8 Å². The van der Waals surface area contributed by atoms with Crippen LogP contribution in [-0.2, 0) is 6.42 Å². The Hall–Kier alpha value is -2.86. The summed E-state index contributed by atoms with van der Waals surface area (Å²) in [5.74, 6) is 0.745. The number of benzene rings is 2. The van der Waals surface area contributed by atoms with Crippen LogP contribution in [0.25, 0.3) is 0 Å². The maximum absolute atomic E-state index is 11.8. The first-order valence-electron chi connectivity index (χ1n) is 11.2. The second-order valence-electron chi connectivity index (χ2n) is 8.08. The molecule has 6 heteroatoms. The van der Waals surface area contributed by atoms with E-state index in [9.17, 15) is 4.79 Å². The molecule has 3 rings (SSSR count). The van der Waals surface area contributed by atoms with Crippen molar-refractivity contribution in [2.24, 2.45) is 4.99 Å². The van der Waals surface area contributed by atoms with E-state index in [1.165, 1.54) is 24.0 Å². The molecule has 166 valence electrons. The molecule has 0 aromatic heterocycles. The highest BCUT2D eigenvalue weighted by Crippen LogP contribution is 2.24. The number of amides is 1. The third-order valence-electron chi connectivity index (χ3n) is 5.85. The second kappa shape index (κ2) is 11.5. The zero-order valence-corrected chi connectivity index (χ0v) is 18.9. The molecule has 0 spiro atoms. The standard InChI is InChI=1S/C25H35N5O/c1-19-9-11-21(12-10-19)23(30-15-4-5-16-30)18-29-25(27-3)28-14-13-20-7-6-8-22(17-20)24(31)26-2/h6-12,17,23H,4-5,13-16,18H2,1-3H3,(H,26,31)(H2,27,28,29). The molecular formula is C25H35N5O. The van der Waals surface area contributed by atoms with Crippen LogP contribution in [0.5, 0.6) is 0 Å². The van der Waals surface area contributed by atoms with Gasteiger partial charge in [-0.15, -0.1) is 0 Å². The van der Waals surface area contributed by atoms with E-state index in [1.807, 2.05) is 24.3 Å². The number of rotatable bonds is 8. The van der Waals surface area contributed by atoms with Crippen LogP contribution in [0.15, 0.2) is 53.5 Å². The van der Waals surface area contributed by atoms with Crippen LogP contribution in [0.3, 0.4) is 0 Å². The number of likely N-dealkylation sites (tertiary alicyclic amines) is 1. The molecule has 1 saturated heterocycles. The van der Waals surface area contributed by atoms with Gasteiger partial charge in [0.15, 0.2) is 5.96 Å². The van der Waals surface area contributed by atoms with Crippen LogP contribution in [0.1, 0.15) is 45.9 Å². The number of hydrogen-bond acceptors (Lipinski definition) is 3. The molecule has 1 aliphatic rings. The molecule has 0 aliphatic carbocycles. The Labute approximate surface area is 186 Å². The monoisotopic (exact) mass is 421 g/mol. The molecule has 31 heavy (non-hydrogen) atoms. The van der Waals surface area contributed by atoms with Gasteiger partial charge in [0.1, 0.15) is 0 Å². The van der Waals surface area contributed by atoms with Crippen molar-refractivity contribution in [2.75, 3.05) is 40.3 Å². The molecule has 0 saturated carbocycles. The number of nitrogens with zero attached hydrogens (tertiary/aromatic N) is 2. The van der Waals surface area contributed by atoms with Crippen LogP contribution in [-0.4, -0.2) is 57.0 Å². The lowest BCUT2D eigenvalue weighted by molar-refractivity contribution is 0.0963. The summed E-state index contributed by atoms with van der Waals surface area (Å²) in [6.07, 6.45) is 3.36. The maximum atomic E-state index is 11.8. The zero-order valence-electron chi connectivity index (χ0n) is 18.9. The van der Waals surface area contributed by atoms with Crippen LogP contribution in [0.4, 0.5) is 0 Å². The van der Waals surface area contributed by atoms with E-state index in [1.54, 1.807) is 14.1 Å². The Morgan fingerprint density at radius 3 is 2.52 bits per heavy atom. The summed E-state index contributed by atoms with van der Waals surface area (Å²) < 4.78 is 0. The van der Waals surface area contributed by atoms with Gasteiger partial charge in [-0.3, -0.25) is 14.7 Å². The fourth-order valence-corrected chi connectivity index (χ4v) is 4.05. The normalized spacial score (nSPS) is 15.5. The maximum Gasteiger partial charge on any atom is 0.251 e. The average molecular weight is 422 g/mol. The smallest absolute Gasteiger partial charge is 0.251 e. The number of guanidine groups is 1. The molecule has 2 aromatic rings. The van der Waals surface area contributed by atoms with Gasteiger partial charge in [-0.1, -0.05) is 42.0 Å². The van der Waals surface area contributed by atoms with E-state index in [-0.39, 0.29) is 5.91 Å². The lowest BCUT2D eigenvalue weighted by atomic mass is 10.0. The van der Waals surface area contributed by atoms with Crippen molar-refractivity contribution in [3.8, 4) is 0 Å². The molecule has 1 amide bonds. The minimum atomic E-state index is -0.0589. The third kappa shape index (κ3) is 6.56. The van der Waals surface area contributed by atoms with Crippen LogP contribution >= 0.6 is 0 Å². The number of carbonyl (C=O) groups is 1. The summed E-state index contributed by atoms with van der Waals surface area (Å²) in [5.41, 5.74) is 4.45. The van der Waals surface area contributed by atoms with Gasteiger partial charge in [0.2, 0.25) is 0 Å². The van der Waals surface area contributed by atoms with Crippen LogP contribution in [0.2, 0.25) is 0 Å². The van der Waals surface area contributed by atoms with Gasteiger partial charge in [0.05, 0.1) is 6.04 Å². The zero-order chi connectivity index (χ0) is 22.1. The van der Waals surface area contributed by atoms with Crippen molar-refractivity contribution in [1.29, 1.82) is 0 Å². The lowest BCUT2D eigenvalue weighted by Gasteiger charge is -2.29. The van der Waals surface area contributed by atoms with Crippen molar-refractivity contribution >= 4 is 11.9 Å². The Morgan fingerprint density at radius 2 is 1.84 bits per heavy atom. The number of aliphatic imine (C=N–C) groups is 1. The molecule has 1 atom stereocenters. The first-order chi connectivity index (χ1) is 15.1. The highest BCUT2D eigenvalue weighted by atomic mass is 16.1. The Morgan fingerprint density at radius 1 is 1.10 bits per heavy atom. The summed E-state index contributed by atoms with van der Waals surface area (Å²) in [6, 6.07) is 17.0. The Balaban J connectivity index is 1.55. The highest BCUT2D eigenvalue weighted by molar-refractivity contribution is 5.94. The number of hydrogen-bond donors (Lipinski definition) is 3. The summed E-state index contributed by atoms with van der Waals surface area (Å²) in [6.45, 7) is 5.98.